The summed E-state index contributed by atoms with van der Waals surface area (Å²) in [4.78, 5) is 0. The van der Waals surface area contributed by atoms with Crippen molar-refractivity contribution in [1.82, 2.24) is 10.6 Å². The van der Waals surface area contributed by atoms with Crippen LogP contribution in [0.4, 0.5) is 0 Å². The van der Waals surface area contributed by atoms with Crippen LogP contribution in [-0.4, -0.2) is 37.9 Å². The predicted molar refractivity (Wildman–Crippen MR) is 78.0 cm³/mol. The van der Waals surface area contributed by atoms with E-state index in [9.17, 15) is 0 Å². The molecule has 1 aliphatic heterocycles. The highest BCUT2D eigenvalue weighted by Gasteiger charge is 2.24. The van der Waals surface area contributed by atoms with Crippen LogP contribution in [0.3, 0.4) is 0 Å². The Bertz CT molecular complexity index is 227. The van der Waals surface area contributed by atoms with Gasteiger partial charge in [0, 0.05) is 12.1 Å². The van der Waals surface area contributed by atoms with Gasteiger partial charge in [-0.25, -0.2) is 0 Å². The third-order valence-electron chi connectivity index (χ3n) is 3.32. The number of hydrogen-bond acceptors (Lipinski definition) is 3. The molecule has 2 N–H and O–H groups in total. The highest BCUT2D eigenvalue weighted by atomic mass is 16.5. The lowest BCUT2D eigenvalue weighted by molar-refractivity contribution is 0.0313. The summed E-state index contributed by atoms with van der Waals surface area (Å²) >= 11 is 0. The molecule has 1 saturated heterocycles. The Hall–Kier alpha value is -0.120. The van der Waals surface area contributed by atoms with Crippen molar-refractivity contribution in [3.05, 3.63) is 0 Å². The molecule has 0 saturated carbocycles. The molecule has 108 valence electrons. The van der Waals surface area contributed by atoms with Gasteiger partial charge in [-0.1, -0.05) is 20.8 Å². The standard InChI is InChI=1S/C15H32N2O/c1-14(2,3)12-15(4,5)17-10-11-18-13-6-8-16-9-7-13/h13,16-17H,6-12H2,1-5H3. The second-order valence-electron chi connectivity index (χ2n) is 7.37. The normalized spacial score (nSPS) is 19.2. The quantitative estimate of drug-likeness (QED) is 0.717. The first-order valence-corrected chi connectivity index (χ1v) is 7.36. The molecule has 0 aromatic heterocycles. The second-order valence-corrected chi connectivity index (χ2v) is 7.37. The maximum Gasteiger partial charge on any atom is 0.0600 e. The molecular formula is C15H32N2O. The molecule has 1 fully saturated rings. The van der Waals surface area contributed by atoms with Crippen molar-refractivity contribution >= 4 is 0 Å². The smallest absolute Gasteiger partial charge is 0.0600 e. The summed E-state index contributed by atoms with van der Waals surface area (Å²) < 4.78 is 5.91. The number of nitrogens with one attached hydrogen (secondary N) is 2. The van der Waals surface area contributed by atoms with Gasteiger partial charge in [0.2, 0.25) is 0 Å². The van der Waals surface area contributed by atoms with Crippen LogP contribution in [0.1, 0.15) is 53.9 Å². The Morgan fingerprint density at radius 1 is 1.11 bits per heavy atom. The van der Waals surface area contributed by atoms with E-state index in [2.05, 4.69) is 45.3 Å². The summed E-state index contributed by atoms with van der Waals surface area (Å²) in [6.07, 6.45) is 3.96. The van der Waals surface area contributed by atoms with E-state index >= 15 is 0 Å². The summed E-state index contributed by atoms with van der Waals surface area (Å²) in [5, 5.41) is 6.97. The van der Waals surface area contributed by atoms with Crippen molar-refractivity contribution in [1.29, 1.82) is 0 Å². The Labute approximate surface area is 113 Å². The maximum absolute atomic E-state index is 5.91. The van der Waals surface area contributed by atoms with Crippen LogP contribution in [0, 0.1) is 5.41 Å². The van der Waals surface area contributed by atoms with Gasteiger partial charge in [0.1, 0.15) is 0 Å². The number of rotatable bonds is 6. The van der Waals surface area contributed by atoms with Gasteiger partial charge in [-0.3, -0.25) is 0 Å². The van der Waals surface area contributed by atoms with Crippen LogP contribution in [0.15, 0.2) is 0 Å². The minimum absolute atomic E-state index is 0.190. The van der Waals surface area contributed by atoms with Gasteiger partial charge in [-0.05, 0) is 51.6 Å². The largest absolute Gasteiger partial charge is 0.377 e. The van der Waals surface area contributed by atoms with Gasteiger partial charge in [-0.2, -0.15) is 0 Å². The summed E-state index contributed by atoms with van der Waals surface area (Å²) in [6.45, 7) is 15.4. The maximum atomic E-state index is 5.91. The molecule has 0 aromatic carbocycles. The molecule has 0 amide bonds. The van der Waals surface area contributed by atoms with E-state index in [1.807, 2.05) is 0 Å². The average Bonchev–Trinajstić information content (AvgIpc) is 2.23. The van der Waals surface area contributed by atoms with E-state index in [-0.39, 0.29) is 5.54 Å². The Morgan fingerprint density at radius 3 is 2.28 bits per heavy atom. The SMILES string of the molecule is CC(C)(C)CC(C)(C)NCCOC1CCNCC1. The molecule has 3 nitrogen and oxygen atoms in total. The molecule has 18 heavy (non-hydrogen) atoms. The molecular weight excluding hydrogens is 224 g/mol. The van der Waals surface area contributed by atoms with Crippen molar-refractivity contribution in [2.75, 3.05) is 26.2 Å². The van der Waals surface area contributed by atoms with Gasteiger partial charge in [-0.15, -0.1) is 0 Å². The van der Waals surface area contributed by atoms with Crippen LogP contribution in [0.2, 0.25) is 0 Å². The van der Waals surface area contributed by atoms with Gasteiger partial charge in [0.05, 0.1) is 12.7 Å². The first-order valence-electron chi connectivity index (χ1n) is 7.36. The van der Waals surface area contributed by atoms with Crippen molar-refractivity contribution in [2.24, 2.45) is 5.41 Å². The van der Waals surface area contributed by atoms with Crippen molar-refractivity contribution in [2.45, 2.75) is 65.5 Å². The third-order valence-corrected chi connectivity index (χ3v) is 3.32. The zero-order valence-corrected chi connectivity index (χ0v) is 12.9. The van der Waals surface area contributed by atoms with E-state index in [1.54, 1.807) is 0 Å². The fraction of sp³-hybridized carbons (Fsp3) is 1.00. The number of hydrogen-bond donors (Lipinski definition) is 2. The van der Waals surface area contributed by atoms with E-state index in [0.717, 1.165) is 39.1 Å². The third kappa shape index (κ3) is 7.34. The number of piperidine rings is 1. The number of ether oxygens (including phenoxy) is 1. The van der Waals surface area contributed by atoms with E-state index in [4.69, 9.17) is 4.74 Å². The highest BCUT2D eigenvalue weighted by Crippen LogP contribution is 2.26. The molecule has 0 spiro atoms. The minimum atomic E-state index is 0.190. The molecule has 1 rings (SSSR count). The average molecular weight is 256 g/mol. The van der Waals surface area contributed by atoms with Gasteiger partial charge in [0.25, 0.3) is 0 Å². The van der Waals surface area contributed by atoms with Gasteiger partial charge in [0.15, 0.2) is 0 Å². The summed E-state index contributed by atoms with van der Waals surface area (Å²) in [5.41, 5.74) is 0.558. The molecule has 1 heterocycles. The molecule has 0 aromatic rings. The molecule has 3 heteroatoms. The molecule has 0 radical (unpaired) electrons. The Kier molecular flexibility index (Phi) is 6.09. The Morgan fingerprint density at radius 2 is 1.72 bits per heavy atom. The fourth-order valence-electron chi connectivity index (χ4n) is 2.97. The zero-order chi connectivity index (χ0) is 13.6. The summed E-state index contributed by atoms with van der Waals surface area (Å²) in [5.74, 6) is 0. The van der Waals surface area contributed by atoms with Crippen LogP contribution in [-0.2, 0) is 4.74 Å². The van der Waals surface area contributed by atoms with Crippen LogP contribution in [0.5, 0.6) is 0 Å². The zero-order valence-electron chi connectivity index (χ0n) is 12.9. The van der Waals surface area contributed by atoms with Crippen LogP contribution < -0.4 is 10.6 Å². The van der Waals surface area contributed by atoms with Crippen LogP contribution in [0.25, 0.3) is 0 Å². The van der Waals surface area contributed by atoms with E-state index in [0.29, 0.717) is 11.5 Å². The predicted octanol–water partition coefficient (Wildman–Crippen LogP) is 2.56. The minimum Gasteiger partial charge on any atom is -0.377 e. The lowest BCUT2D eigenvalue weighted by Gasteiger charge is -2.33. The van der Waals surface area contributed by atoms with Crippen molar-refractivity contribution < 1.29 is 4.74 Å². The molecule has 0 aliphatic carbocycles. The summed E-state index contributed by atoms with van der Waals surface area (Å²) in [7, 11) is 0. The van der Waals surface area contributed by atoms with E-state index < -0.39 is 0 Å². The van der Waals surface area contributed by atoms with Gasteiger partial charge >= 0.3 is 0 Å². The van der Waals surface area contributed by atoms with Gasteiger partial charge < -0.3 is 15.4 Å². The van der Waals surface area contributed by atoms with Crippen molar-refractivity contribution in [3.63, 3.8) is 0 Å². The van der Waals surface area contributed by atoms with Crippen molar-refractivity contribution in [3.8, 4) is 0 Å². The highest BCUT2D eigenvalue weighted by molar-refractivity contribution is 4.83. The second kappa shape index (κ2) is 6.88. The monoisotopic (exact) mass is 256 g/mol. The van der Waals surface area contributed by atoms with Crippen LogP contribution >= 0.6 is 0 Å². The lowest BCUT2D eigenvalue weighted by Crippen LogP contribution is -2.44. The summed E-state index contributed by atoms with van der Waals surface area (Å²) in [6, 6.07) is 0. The van der Waals surface area contributed by atoms with E-state index in [1.165, 1.54) is 6.42 Å². The first-order chi connectivity index (χ1) is 8.29. The lowest BCUT2D eigenvalue weighted by atomic mass is 9.82. The molecule has 1 aliphatic rings. The first kappa shape index (κ1) is 15.9. The molecule has 0 unspecified atom stereocenters. The topological polar surface area (TPSA) is 33.3 Å². The molecule has 0 bridgehead atoms. The molecule has 0 atom stereocenters. The Balaban J connectivity index is 2.12. The fourth-order valence-corrected chi connectivity index (χ4v) is 2.97.